The third-order valence-electron chi connectivity index (χ3n) is 7.00. The molecule has 42 heavy (non-hydrogen) atoms. The normalized spacial score (nSPS) is 13.9. The molecule has 0 unspecified atom stereocenters. The second kappa shape index (κ2) is 12.7. The lowest BCUT2D eigenvalue weighted by Crippen LogP contribution is -2.49. The lowest BCUT2D eigenvalue weighted by molar-refractivity contribution is -0.274. The highest BCUT2D eigenvalue weighted by Gasteiger charge is 2.31. The fraction of sp³-hybridized carbons (Fsp3) is 0.333. The molecule has 1 saturated heterocycles. The van der Waals surface area contributed by atoms with E-state index in [1.807, 2.05) is 39.8 Å². The molecule has 0 radical (unpaired) electrons. The Hall–Kier alpha value is -4.32. The van der Waals surface area contributed by atoms with Gasteiger partial charge in [0.15, 0.2) is 0 Å². The standard InChI is InChI=1S/C30H30F4N4O4/c1-40-16-11-29(39)37-14-12-36(13-15-37)26-18-27-25(17-24(26)31)35-28(20-41-22-5-3-2-4-6-22)38(27)19-21-7-9-23(10-8-21)42-30(32,33)34/h2-10,17-18H,11-16,19-20H2,1H3. The summed E-state index contributed by atoms with van der Waals surface area (Å²) in [4.78, 5) is 20.7. The van der Waals surface area contributed by atoms with Gasteiger partial charge in [-0.3, -0.25) is 4.79 Å². The summed E-state index contributed by atoms with van der Waals surface area (Å²) in [6.07, 6.45) is -4.49. The number of piperazine rings is 1. The number of amides is 1. The van der Waals surface area contributed by atoms with Gasteiger partial charge in [-0.25, -0.2) is 9.37 Å². The van der Waals surface area contributed by atoms with Gasteiger partial charge in [-0.2, -0.15) is 0 Å². The fourth-order valence-corrected chi connectivity index (χ4v) is 4.90. The number of rotatable bonds is 10. The van der Waals surface area contributed by atoms with Gasteiger partial charge >= 0.3 is 6.36 Å². The first-order valence-electron chi connectivity index (χ1n) is 13.4. The molecule has 0 bridgehead atoms. The second-order valence-corrected chi connectivity index (χ2v) is 9.81. The molecule has 2 heterocycles. The zero-order chi connectivity index (χ0) is 29.7. The fourth-order valence-electron chi connectivity index (χ4n) is 4.90. The molecule has 0 saturated carbocycles. The predicted octanol–water partition coefficient (Wildman–Crippen LogP) is 5.39. The Morgan fingerprint density at radius 2 is 1.67 bits per heavy atom. The Kier molecular flexibility index (Phi) is 8.81. The van der Waals surface area contributed by atoms with E-state index < -0.39 is 12.2 Å². The van der Waals surface area contributed by atoms with Crippen LogP contribution in [0.15, 0.2) is 66.7 Å². The lowest BCUT2D eigenvalue weighted by atomic mass is 10.2. The first kappa shape index (κ1) is 29.2. The molecule has 8 nitrogen and oxygen atoms in total. The van der Waals surface area contributed by atoms with Crippen LogP contribution in [0.3, 0.4) is 0 Å². The Morgan fingerprint density at radius 3 is 2.33 bits per heavy atom. The summed E-state index contributed by atoms with van der Waals surface area (Å²) in [5, 5.41) is 0. The third-order valence-corrected chi connectivity index (χ3v) is 7.00. The molecule has 0 atom stereocenters. The Morgan fingerprint density at radius 1 is 0.952 bits per heavy atom. The molecule has 0 spiro atoms. The van der Waals surface area contributed by atoms with Crippen LogP contribution >= 0.6 is 0 Å². The number of carbonyl (C=O) groups is 1. The Labute approximate surface area is 240 Å². The second-order valence-electron chi connectivity index (χ2n) is 9.81. The molecule has 1 aromatic heterocycles. The summed E-state index contributed by atoms with van der Waals surface area (Å²) in [5.41, 5.74) is 2.15. The number of nitrogens with zero attached hydrogens (tertiary/aromatic N) is 4. The average Bonchev–Trinajstić information content (AvgIpc) is 3.30. The molecule has 0 aliphatic carbocycles. The minimum atomic E-state index is -4.78. The van der Waals surface area contributed by atoms with Crippen LogP contribution in [0, 0.1) is 5.82 Å². The summed E-state index contributed by atoms with van der Waals surface area (Å²) in [5.74, 6) is 0.401. The number of hydrogen-bond acceptors (Lipinski definition) is 6. The maximum Gasteiger partial charge on any atom is 0.573 e. The SMILES string of the molecule is COCCC(=O)N1CCN(c2cc3c(cc2F)nc(COc2ccccc2)n3Cc2ccc(OC(F)(F)F)cc2)CC1. The minimum absolute atomic E-state index is 0.000195. The largest absolute Gasteiger partial charge is 0.573 e. The summed E-state index contributed by atoms with van der Waals surface area (Å²) < 4.78 is 70.1. The number of ether oxygens (including phenoxy) is 3. The number of imidazole rings is 1. The molecule has 222 valence electrons. The van der Waals surface area contributed by atoms with Gasteiger partial charge in [0.1, 0.15) is 29.7 Å². The van der Waals surface area contributed by atoms with Crippen molar-refractivity contribution in [2.24, 2.45) is 0 Å². The third kappa shape index (κ3) is 7.11. The van der Waals surface area contributed by atoms with Crippen molar-refractivity contribution in [1.29, 1.82) is 0 Å². The Balaban J connectivity index is 1.42. The van der Waals surface area contributed by atoms with Crippen LogP contribution < -0.4 is 14.4 Å². The van der Waals surface area contributed by atoms with Crippen LogP contribution in [0.2, 0.25) is 0 Å². The van der Waals surface area contributed by atoms with Crippen molar-refractivity contribution in [3.05, 3.63) is 83.9 Å². The van der Waals surface area contributed by atoms with E-state index in [1.54, 1.807) is 30.2 Å². The van der Waals surface area contributed by atoms with Gasteiger partial charge in [0.2, 0.25) is 5.91 Å². The quantitative estimate of drug-likeness (QED) is 0.232. The van der Waals surface area contributed by atoms with Crippen LogP contribution in [0.5, 0.6) is 11.5 Å². The van der Waals surface area contributed by atoms with Crippen LogP contribution in [-0.4, -0.2) is 66.6 Å². The molecule has 12 heteroatoms. The molecule has 4 aromatic rings. The van der Waals surface area contributed by atoms with Crippen LogP contribution in [0.1, 0.15) is 17.8 Å². The van der Waals surface area contributed by atoms with Crippen LogP contribution in [0.4, 0.5) is 23.2 Å². The topological polar surface area (TPSA) is 69.1 Å². The van der Waals surface area contributed by atoms with Gasteiger partial charge in [0, 0.05) is 45.9 Å². The summed E-state index contributed by atoms with van der Waals surface area (Å²) in [7, 11) is 1.55. The number of methoxy groups -OCH3 is 1. The van der Waals surface area contributed by atoms with E-state index in [9.17, 15) is 18.0 Å². The van der Waals surface area contributed by atoms with Crippen molar-refractivity contribution in [2.45, 2.75) is 25.9 Å². The van der Waals surface area contributed by atoms with Gasteiger partial charge in [-0.1, -0.05) is 30.3 Å². The first-order chi connectivity index (χ1) is 20.2. The van der Waals surface area contributed by atoms with Crippen LogP contribution in [0.25, 0.3) is 11.0 Å². The van der Waals surface area contributed by atoms with E-state index in [4.69, 9.17) is 9.47 Å². The van der Waals surface area contributed by atoms with Crippen molar-refractivity contribution < 1.29 is 36.6 Å². The van der Waals surface area contributed by atoms with Gasteiger partial charge in [0.25, 0.3) is 0 Å². The zero-order valence-corrected chi connectivity index (χ0v) is 22.9. The summed E-state index contributed by atoms with van der Waals surface area (Å²) in [6.45, 7) is 2.53. The van der Waals surface area contributed by atoms with Crippen molar-refractivity contribution in [3.63, 3.8) is 0 Å². The number of anilines is 1. The highest BCUT2D eigenvalue weighted by atomic mass is 19.4. The van der Waals surface area contributed by atoms with Gasteiger partial charge in [-0.05, 0) is 35.9 Å². The van der Waals surface area contributed by atoms with Crippen molar-refractivity contribution in [3.8, 4) is 11.5 Å². The molecule has 1 amide bonds. The van der Waals surface area contributed by atoms with E-state index in [1.165, 1.54) is 18.2 Å². The van der Waals surface area contributed by atoms with Gasteiger partial charge in [-0.15, -0.1) is 13.2 Å². The molecule has 3 aromatic carbocycles. The van der Waals surface area contributed by atoms with E-state index in [0.717, 1.165) is 0 Å². The number of fused-ring (bicyclic) bond motifs is 1. The number of halogens is 4. The molecule has 1 aliphatic heterocycles. The number of alkyl halides is 3. The Bertz CT molecular complexity index is 1500. The molecular formula is C30H30F4N4O4. The number of para-hydroxylation sites is 1. The molecular weight excluding hydrogens is 556 g/mol. The van der Waals surface area contributed by atoms with Crippen molar-refractivity contribution in [2.75, 3.05) is 44.8 Å². The summed E-state index contributed by atoms with van der Waals surface area (Å²) in [6, 6.07) is 17.9. The van der Waals surface area contributed by atoms with E-state index in [-0.39, 0.29) is 24.8 Å². The molecule has 0 N–H and O–H groups in total. The van der Waals surface area contributed by atoms with E-state index in [0.29, 0.717) is 73.1 Å². The highest BCUT2D eigenvalue weighted by Crippen LogP contribution is 2.30. The summed E-state index contributed by atoms with van der Waals surface area (Å²) >= 11 is 0. The minimum Gasteiger partial charge on any atom is -0.486 e. The molecule has 1 fully saturated rings. The number of carbonyl (C=O) groups excluding carboxylic acids is 1. The molecule has 1 aliphatic rings. The number of benzene rings is 3. The smallest absolute Gasteiger partial charge is 0.486 e. The van der Waals surface area contributed by atoms with Crippen molar-refractivity contribution >= 4 is 22.6 Å². The van der Waals surface area contributed by atoms with E-state index in [2.05, 4.69) is 9.72 Å². The van der Waals surface area contributed by atoms with Crippen LogP contribution in [-0.2, 0) is 22.7 Å². The van der Waals surface area contributed by atoms with E-state index >= 15 is 4.39 Å². The van der Waals surface area contributed by atoms with Crippen molar-refractivity contribution in [1.82, 2.24) is 14.5 Å². The van der Waals surface area contributed by atoms with Gasteiger partial charge < -0.3 is 28.6 Å². The predicted molar refractivity (Wildman–Crippen MR) is 148 cm³/mol. The maximum atomic E-state index is 15.4. The average molecular weight is 587 g/mol. The maximum absolute atomic E-state index is 15.4. The number of aromatic nitrogens is 2. The monoisotopic (exact) mass is 586 g/mol. The molecule has 5 rings (SSSR count). The lowest BCUT2D eigenvalue weighted by Gasteiger charge is -2.36. The highest BCUT2D eigenvalue weighted by molar-refractivity contribution is 5.81. The number of hydrogen-bond donors (Lipinski definition) is 0. The van der Waals surface area contributed by atoms with Gasteiger partial charge in [0.05, 0.1) is 29.7 Å². The first-order valence-corrected chi connectivity index (χ1v) is 13.4. The zero-order valence-electron chi connectivity index (χ0n) is 22.9.